The number of esters is 1. The van der Waals surface area contributed by atoms with Crippen LogP contribution in [-0.4, -0.2) is 24.4 Å². The van der Waals surface area contributed by atoms with Gasteiger partial charge < -0.3 is 15.4 Å². The number of hydrogen-bond acceptors (Lipinski definition) is 4. The summed E-state index contributed by atoms with van der Waals surface area (Å²) < 4.78 is 31.7. The molecule has 0 unspecified atom stereocenters. The first-order valence-electron chi connectivity index (χ1n) is 7.26. The SMILES string of the molecule is CCOC(=O)c1ccc(NC(=O)C(=O)Nc2c(F)cccc2F)cc1. The van der Waals surface area contributed by atoms with Crippen LogP contribution in [0.3, 0.4) is 0 Å². The number of halogens is 2. The molecule has 2 amide bonds. The lowest BCUT2D eigenvalue weighted by molar-refractivity contribution is -0.133. The third kappa shape index (κ3) is 4.60. The van der Waals surface area contributed by atoms with Crippen molar-refractivity contribution in [2.24, 2.45) is 0 Å². The molecule has 0 heterocycles. The number of hydrogen-bond donors (Lipinski definition) is 2. The Bertz CT molecular complexity index is 787. The fourth-order valence-electron chi connectivity index (χ4n) is 1.88. The number of carbonyl (C=O) groups excluding carboxylic acids is 3. The van der Waals surface area contributed by atoms with Crippen LogP contribution in [0.2, 0.25) is 0 Å². The standard InChI is InChI=1S/C17H14F2N2O4/c1-2-25-17(24)10-6-8-11(9-7-10)20-15(22)16(23)21-14-12(18)4-3-5-13(14)19/h3-9H,2H2,1H3,(H,20,22)(H,21,23). The van der Waals surface area contributed by atoms with Gasteiger partial charge in [-0.15, -0.1) is 0 Å². The van der Waals surface area contributed by atoms with E-state index in [2.05, 4.69) is 5.32 Å². The molecule has 0 atom stereocenters. The molecule has 6 nitrogen and oxygen atoms in total. The predicted octanol–water partition coefficient (Wildman–Crippen LogP) is 2.72. The minimum atomic E-state index is -1.24. The molecule has 0 spiro atoms. The lowest BCUT2D eigenvalue weighted by Crippen LogP contribution is -2.29. The van der Waals surface area contributed by atoms with Crippen molar-refractivity contribution in [3.8, 4) is 0 Å². The molecule has 0 aliphatic heterocycles. The first-order chi connectivity index (χ1) is 11.9. The van der Waals surface area contributed by atoms with Crippen LogP contribution >= 0.6 is 0 Å². The molecule has 0 bridgehead atoms. The molecule has 2 rings (SSSR count). The number of para-hydroxylation sites is 1. The Hall–Kier alpha value is -3.29. The number of benzene rings is 2. The fraction of sp³-hybridized carbons (Fsp3) is 0.118. The van der Waals surface area contributed by atoms with E-state index in [9.17, 15) is 23.2 Å². The molecule has 8 heteroatoms. The molecule has 130 valence electrons. The van der Waals surface area contributed by atoms with Gasteiger partial charge in [0.25, 0.3) is 0 Å². The molecule has 0 saturated carbocycles. The average molecular weight is 348 g/mol. The smallest absolute Gasteiger partial charge is 0.338 e. The maximum Gasteiger partial charge on any atom is 0.338 e. The Labute approximate surface area is 141 Å². The van der Waals surface area contributed by atoms with Gasteiger partial charge in [-0.3, -0.25) is 9.59 Å². The van der Waals surface area contributed by atoms with Gasteiger partial charge in [0, 0.05) is 5.69 Å². The molecule has 2 N–H and O–H groups in total. The van der Waals surface area contributed by atoms with E-state index in [0.29, 0.717) is 0 Å². The summed E-state index contributed by atoms with van der Waals surface area (Å²) in [5.41, 5.74) is -0.208. The Morgan fingerprint density at radius 3 is 2.04 bits per heavy atom. The van der Waals surface area contributed by atoms with Gasteiger partial charge in [-0.1, -0.05) is 6.07 Å². The van der Waals surface area contributed by atoms with Crippen LogP contribution in [0.5, 0.6) is 0 Å². The highest BCUT2D eigenvalue weighted by atomic mass is 19.1. The number of amides is 2. The molecular weight excluding hydrogens is 334 g/mol. The first kappa shape index (κ1) is 18.1. The zero-order valence-electron chi connectivity index (χ0n) is 13.1. The number of anilines is 2. The van der Waals surface area contributed by atoms with Crippen molar-refractivity contribution in [3.05, 3.63) is 59.7 Å². The van der Waals surface area contributed by atoms with E-state index in [1.54, 1.807) is 6.92 Å². The zero-order valence-corrected chi connectivity index (χ0v) is 13.1. The van der Waals surface area contributed by atoms with E-state index in [1.807, 2.05) is 5.32 Å². The van der Waals surface area contributed by atoms with E-state index in [4.69, 9.17) is 4.74 Å². The Balaban J connectivity index is 2.01. The van der Waals surface area contributed by atoms with Crippen molar-refractivity contribution in [1.29, 1.82) is 0 Å². The van der Waals surface area contributed by atoms with Crippen molar-refractivity contribution in [1.82, 2.24) is 0 Å². The Morgan fingerprint density at radius 1 is 0.920 bits per heavy atom. The monoisotopic (exact) mass is 348 g/mol. The van der Waals surface area contributed by atoms with E-state index >= 15 is 0 Å². The van der Waals surface area contributed by atoms with Gasteiger partial charge in [-0.2, -0.15) is 0 Å². The van der Waals surface area contributed by atoms with E-state index < -0.39 is 35.1 Å². The number of rotatable bonds is 4. The van der Waals surface area contributed by atoms with Crippen LogP contribution in [0.1, 0.15) is 17.3 Å². The van der Waals surface area contributed by atoms with Crippen molar-refractivity contribution in [2.75, 3.05) is 17.2 Å². The molecule has 2 aromatic carbocycles. The van der Waals surface area contributed by atoms with Crippen LogP contribution in [-0.2, 0) is 14.3 Å². The Morgan fingerprint density at radius 2 is 1.48 bits per heavy atom. The lowest BCUT2D eigenvalue weighted by atomic mass is 10.2. The normalized spacial score (nSPS) is 10.0. The first-order valence-corrected chi connectivity index (χ1v) is 7.26. The van der Waals surface area contributed by atoms with E-state index in [0.717, 1.165) is 18.2 Å². The summed E-state index contributed by atoms with van der Waals surface area (Å²) in [5.74, 6) is -4.88. The van der Waals surface area contributed by atoms with Crippen molar-refractivity contribution < 1.29 is 27.9 Å². The summed E-state index contributed by atoms with van der Waals surface area (Å²) in [6.07, 6.45) is 0. The molecule has 0 saturated heterocycles. The Kier molecular flexibility index (Phi) is 5.78. The van der Waals surface area contributed by atoms with Crippen molar-refractivity contribution in [3.63, 3.8) is 0 Å². The second kappa shape index (κ2) is 8.00. The van der Waals surface area contributed by atoms with Crippen LogP contribution in [0.4, 0.5) is 20.2 Å². The maximum absolute atomic E-state index is 13.5. The summed E-state index contributed by atoms with van der Waals surface area (Å²) in [4.78, 5) is 35.1. The van der Waals surface area contributed by atoms with E-state index in [1.165, 1.54) is 24.3 Å². The second-order valence-electron chi connectivity index (χ2n) is 4.80. The second-order valence-corrected chi connectivity index (χ2v) is 4.80. The molecule has 0 fully saturated rings. The predicted molar refractivity (Wildman–Crippen MR) is 86.0 cm³/mol. The maximum atomic E-state index is 13.5. The summed E-state index contributed by atoms with van der Waals surface area (Å²) in [5, 5.41) is 4.12. The highest BCUT2D eigenvalue weighted by Crippen LogP contribution is 2.18. The topological polar surface area (TPSA) is 84.5 Å². The summed E-state index contributed by atoms with van der Waals surface area (Å²) in [6, 6.07) is 8.62. The number of carbonyl (C=O) groups is 3. The minimum absolute atomic E-state index is 0.224. The minimum Gasteiger partial charge on any atom is -0.462 e. The molecule has 2 aromatic rings. The molecular formula is C17H14F2N2O4. The van der Waals surface area contributed by atoms with Gasteiger partial charge in [0.15, 0.2) is 0 Å². The van der Waals surface area contributed by atoms with Gasteiger partial charge in [-0.25, -0.2) is 13.6 Å². The highest BCUT2D eigenvalue weighted by molar-refractivity contribution is 6.43. The van der Waals surface area contributed by atoms with Crippen LogP contribution in [0.15, 0.2) is 42.5 Å². The fourth-order valence-corrected chi connectivity index (χ4v) is 1.88. The van der Waals surface area contributed by atoms with Gasteiger partial charge in [-0.05, 0) is 43.3 Å². The number of nitrogens with one attached hydrogen (secondary N) is 2. The van der Waals surface area contributed by atoms with Crippen LogP contribution in [0, 0.1) is 11.6 Å². The van der Waals surface area contributed by atoms with Gasteiger partial charge in [0.2, 0.25) is 0 Å². The van der Waals surface area contributed by atoms with Gasteiger partial charge in [0.05, 0.1) is 12.2 Å². The highest BCUT2D eigenvalue weighted by Gasteiger charge is 2.18. The molecule has 0 aliphatic carbocycles. The van der Waals surface area contributed by atoms with E-state index in [-0.39, 0.29) is 17.9 Å². The van der Waals surface area contributed by atoms with Crippen molar-refractivity contribution >= 4 is 29.2 Å². The molecule has 0 aliphatic rings. The molecule has 25 heavy (non-hydrogen) atoms. The third-order valence-corrected chi connectivity index (χ3v) is 3.06. The number of ether oxygens (including phenoxy) is 1. The third-order valence-electron chi connectivity index (χ3n) is 3.06. The van der Waals surface area contributed by atoms with Crippen LogP contribution < -0.4 is 10.6 Å². The summed E-state index contributed by atoms with van der Waals surface area (Å²) in [7, 11) is 0. The van der Waals surface area contributed by atoms with Gasteiger partial charge >= 0.3 is 17.8 Å². The average Bonchev–Trinajstić information content (AvgIpc) is 2.59. The summed E-state index contributed by atoms with van der Waals surface area (Å²) >= 11 is 0. The molecule has 0 aromatic heterocycles. The molecule has 0 radical (unpaired) electrons. The van der Waals surface area contributed by atoms with Crippen molar-refractivity contribution in [2.45, 2.75) is 6.92 Å². The quantitative estimate of drug-likeness (QED) is 0.657. The lowest BCUT2D eigenvalue weighted by Gasteiger charge is -2.08. The zero-order chi connectivity index (χ0) is 18.4. The largest absolute Gasteiger partial charge is 0.462 e. The van der Waals surface area contributed by atoms with Gasteiger partial charge in [0.1, 0.15) is 17.3 Å². The summed E-state index contributed by atoms with van der Waals surface area (Å²) in [6.45, 7) is 1.90. The van der Waals surface area contributed by atoms with Crippen LogP contribution in [0.25, 0.3) is 0 Å².